The summed E-state index contributed by atoms with van der Waals surface area (Å²) in [6.45, 7) is -1.36. The standard InChI is InChI=1S/C15H13F2N7O4/c1-9-2-3-10(12(6-9)28-14(16)17)19-13(25)11-4-5-22(20-11)8-23-7-18-15(21-23)24(26)27/h2-7,14H,8H2,1H3,(H,19,25). The number of nitro groups is 1. The highest BCUT2D eigenvalue weighted by molar-refractivity contribution is 6.03. The zero-order valence-electron chi connectivity index (χ0n) is 14.3. The lowest BCUT2D eigenvalue weighted by atomic mass is 10.2. The molecule has 0 aliphatic heterocycles. The summed E-state index contributed by atoms with van der Waals surface area (Å²) in [7, 11) is 0. The summed E-state index contributed by atoms with van der Waals surface area (Å²) in [5.41, 5.74) is 0.746. The second-order valence-electron chi connectivity index (χ2n) is 5.56. The molecule has 3 rings (SSSR count). The van der Waals surface area contributed by atoms with Gasteiger partial charge in [-0.05, 0) is 35.6 Å². The van der Waals surface area contributed by atoms with Crippen molar-refractivity contribution in [1.82, 2.24) is 24.5 Å². The van der Waals surface area contributed by atoms with Crippen molar-refractivity contribution < 1.29 is 23.2 Å². The van der Waals surface area contributed by atoms with Gasteiger partial charge in [0, 0.05) is 11.3 Å². The first kappa shape index (κ1) is 18.9. The van der Waals surface area contributed by atoms with Crippen LogP contribution in [0.2, 0.25) is 0 Å². The molecule has 0 aliphatic carbocycles. The van der Waals surface area contributed by atoms with Crippen molar-refractivity contribution in [2.24, 2.45) is 0 Å². The molecule has 2 heterocycles. The van der Waals surface area contributed by atoms with Crippen molar-refractivity contribution in [2.45, 2.75) is 20.2 Å². The van der Waals surface area contributed by atoms with Gasteiger partial charge in [-0.25, -0.2) is 4.68 Å². The van der Waals surface area contributed by atoms with Crippen LogP contribution in [-0.4, -0.2) is 42.0 Å². The molecule has 1 aromatic carbocycles. The van der Waals surface area contributed by atoms with E-state index >= 15 is 0 Å². The molecular formula is C15H13F2N7O4. The van der Waals surface area contributed by atoms with Crippen LogP contribution < -0.4 is 10.1 Å². The molecule has 0 radical (unpaired) electrons. The quantitative estimate of drug-likeness (QED) is 0.480. The highest BCUT2D eigenvalue weighted by Gasteiger charge is 2.17. The molecule has 0 atom stereocenters. The van der Waals surface area contributed by atoms with Gasteiger partial charge in [0.25, 0.3) is 5.91 Å². The van der Waals surface area contributed by atoms with E-state index in [0.717, 1.165) is 6.33 Å². The first-order valence-electron chi connectivity index (χ1n) is 7.76. The van der Waals surface area contributed by atoms with E-state index in [1.807, 2.05) is 0 Å². The van der Waals surface area contributed by atoms with Crippen LogP contribution >= 0.6 is 0 Å². The second kappa shape index (κ2) is 7.77. The molecule has 0 aliphatic rings. The minimum atomic E-state index is -3.04. The number of aryl methyl sites for hydroxylation is 1. The lowest BCUT2D eigenvalue weighted by Gasteiger charge is -2.12. The fourth-order valence-corrected chi connectivity index (χ4v) is 2.26. The van der Waals surface area contributed by atoms with Crippen molar-refractivity contribution in [1.29, 1.82) is 0 Å². The molecule has 28 heavy (non-hydrogen) atoms. The fraction of sp³-hybridized carbons (Fsp3) is 0.200. The zero-order valence-corrected chi connectivity index (χ0v) is 14.3. The van der Waals surface area contributed by atoms with E-state index in [4.69, 9.17) is 0 Å². The van der Waals surface area contributed by atoms with Crippen LogP contribution in [-0.2, 0) is 6.67 Å². The molecule has 0 fully saturated rings. The van der Waals surface area contributed by atoms with Gasteiger partial charge in [0.15, 0.2) is 12.4 Å². The average Bonchev–Trinajstić information content (AvgIpc) is 3.27. The molecular weight excluding hydrogens is 380 g/mol. The largest absolute Gasteiger partial charge is 0.491 e. The van der Waals surface area contributed by atoms with Crippen LogP contribution in [0.25, 0.3) is 0 Å². The molecule has 3 aromatic rings. The van der Waals surface area contributed by atoms with Gasteiger partial charge in [-0.3, -0.25) is 4.79 Å². The Morgan fingerprint density at radius 2 is 2.11 bits per heavy atom. The third kappa shape index (κ3) is 4.44. The van der Waals surface area contributed by atoms with Crippen LogP contribution in [0, 0.1) is 17.0 Å². The van der Waals surface area contributed by atoms with Crippen molar-refractivity contribution >= 4 is 17.5 Å². The summed E-state index contributed by atoms with van der Waals surface area (Å²) in [4.78, 5) is 25.7. The Labute approximate surface area is 155 Å². The van der Waals surface area contributed by atoms with Gasteiger partial charge in [0.2, 0.25) is 6.33 Å². The summed E-state index contributed by atoms with van der Waals surface area (Å²) >= 11 is 0. The Morgan fingerprint density at radius 3 is 2.79 bits per heavy atom. The molecule has 146 valence electrons. The summed E-state index contributed by atoms with van der Waals surface area (Å²) in [5.74, 6) is -1.37. The summed E-state index contributed by atoms with van der Waals surface area (Å²) < 4.78 is 32.0. The maximum Gasteiger partial charge on any atom is 0.491 e. The molecule has 11 nitrogen and oxygen atoms in total. The number of anilines is 1. The third-order valence-corrected chi connectivity index (χ3v) is 3.45. The number of benzene rings is 1. The Bertz CT molecular complexity index is 1020. The summed E-state index contributed by atoms with van der Waals surface area (Å²) in [5, 5.41) is 20.7. The predicted octanol–water partition coefficient (Wildman–Crippen LogP) is 2.05. The first-order valence-corrected chi connectivity index (χ1v) is 7.76. The number of alkyl halides is 2. The van der Waals surface area contributed by atoms with Gasteiger partial charge in [0.05, 0.1) is 5.69 Å². The average molecular weight is 393 g/mol. The molecule has 0 unspecified atom stereocenters. The number of rotatable bonds is 7. The molecule has 0 bridgehead atoms. The molecule has 0 saturated carbocycles. The molecule has 13 heteroatoms. The van der Waals surface area contributed by atoms with Crippen LogP contribution in [0.4, 0.5) is 20.4 Å². The van der Waals surface area contributed by atoms with Crippen LogP contribution in [0.15, 0.2) is 36.8 Å². The van der Waals surface area contributed by atoms with Crippen LogP contribution in [0.5, 0.6) is 5.75 Å². The Hall–Kier alpha value is -3.90. The maximum absolute atomic E-state index is 12.5. The highest BCUT2D eigenvalue weighted by Crippen LogP contribution is 2.27. The number of halogens is 2. The van der Waals surface area contributed by atoms with Gasteiger partial charge >= 0.3 is 12.6 Å². The van der Waals surface area contributed by atoms with E-state index < -0.39 is 23.4 Å². The van der Waals surface area contributed by atoms with Crippen molar-refractivity contribution in [3.05, 3.63) is 58.2 Å². The van der Waals surface area contributed by atoms with Gasteiger partial charge in [-0.1, -0.05) is 11.1 Å². The lowest BCUT2D eigenvalue weighted by molar-refractivity contribution is -0.394. The van der Waals surface area contributed by atoms with Crippen molar-refractivity contribution in [2.75, 3.05) is 5.32 Å². The normalized spacial score (nSPS) is 10.9. The molecule has 0 spiro atoms. The first-order chi connectivity index (χ1) is 13.3. The van der Waals surface area contributed by atoms with Gasteiger partial charge in [0.1, 0.15) is 5.75 Å². The number of ether oxygens (including phenoxy) is 1. The summed E-state index contributed by atoms with van der Waals surface area (Å²) in [6.07, 6.45) is 2.61. The maximum atomic E-state index is 12.5. The number of nitrogens with one attached hydrogen (secondary N) is 1. The number of hydrogen-bond donors (Lipinski definition) is 1. The Kier molecular flexibility index (Phi) is 5.24. The monoisotopic (exact) mass is 393 g/mol. The van der Waals surface area contributed by atoms with Crippen molar-refractivity contribution in [3.63, 3.8) is 0 Å². The Morgan fingerprint density at radius 1 is 1.32 bits per heavy atom. The van der Waals surface area contributed by atoms with Crippen molar-refractivity contribution in [3.8, 4) is 5.75 Å². The topological polar surface area (TPSA) is 130 Å². The fourth-order valence-electron chi connectivity index (χ4n) is 2.26. The van der Waals surface area contributed by atoms with E-state index in [2.05, 4.69) is 25.2 Å². The lowest BCUT2D eigenvalue weighted by Crippen LogP contribution is -2.16. The third-order valence-electron chi connectivity index (χ3n) is 3.45. The molecule has 1 amide bonds. The number of amides is 1. The predicted molar refractivity (Wildman–Crippen MR) is 90.1 cm³/mol. The van der Waals surface area contributed by atoms with Crippen LogP contribution in [0.3, 0.4) is 0 Å². The zero-order chi connectivity index (χ0) is 20.3. The summed E-state index contributed by atoms with van der Waals surface area (Å²) in [6, 6.07) is 5.83. The van der Waals surface area contributed by atoms with E-state index in [9.17, 15) is 23.7 Å². The second-order valence-corrected chi connectivity index (χ2v) is 5.56. The van der Waals surface area contributed by atoms with Crippen LogP contribution in [0.1, 0.15) is 16.1 Å². The number of hydrogen-bond acceptors (Lipinski definition) is 7. The Balaban J connectivity index is 1.71. The number of nitrogens with zero attached hydrogens (tertiary/aromatic N) is 6. The number of aromatic nitrogens is 5. The minimum absolute atomic E-state index is 0.00168. The SMILES string of the molecule is Cc1ccc(NC(=O)c2ccn(Cn3cnc([N+](=O)[O-])n3)n2)c(OC(F)F)c1. The number of carbonyl (C=O) groups is 1. The molecule has 2 aromatic heterocycles. The number of carbonyl (C=O) groups excluding carboxylic acids is 1. The van der Waals surface area contributed by atoms with Gasteiger partial charge in [-0.15, -0.1) is 0 Å². The van der Waals surface area contributed by atoms with E-state index in [1.165, 1.54) is 33.8 Å². The van der Waals surface area contributed by atoms with Gasteiger partial charge in [-0.2, -0.15) is 18.6 Å². The highest BCUT2D eigenvalue weighted by atomic mass is 19.3. The smallest absolute Gasteiger partial charge is 0.433 e. The van der Waals surface area contributed by atoms with E-state index in [-0.39, 0.29) is 23.8 Å². The minimum Gasteiger partial charge on any atom is -0.433 e. The van der Waals surface area contributed by atoms with E-state index in [0.29, 0.717) is 5.56 Å². The van der Waals surface area contributed by atoms with E-state index in [1.54, 1.807) is 13.0 Å². The molecule has 1 N–H and O–H groups in total. The van der Waals surface area contributed by atoms with Gasteiger partial charge < -0.3 is 20.2 Å². The molecule has 0 saturated heterocycles.